The summed E-state index contributed by atoms with van der Waals surface area (Å²) in [6, 6.07) is 0. The lowest BCUT2D eigenvalue weighted by molar-refractivity contribution is 0.434. The molecule has 0 saturated heterocycles. The van der Waals surface area contributed by atoms with E-state index in [-0.39, 0.29) is 0 Å². The van der Waals surface area contributed by atoms with Gasteiger partial charge < -0.3 is 4.90 Å². The van der Waals surface area contributed by atoms with E-state index in [1.807, 2.05) is 13.8 Å². The van der Waals surface area contributed by atoms with Gasteiger partial charge in [0.15, 0.2) is 0 Å². The SMILES string of the molecule is C/C=C\N(C)CCCCC.CC. The molecule has 0 aromatic carbocycles. The topological polar surface area (TPSA) is 3.24 Å². The predicted octanol–water partition coefficient (Wildman–Crippen LogP) is 3.67. The van der Waals surface area contributed by atoms with E-state index in [2.05, 4.69) is 38.1 Å². The molecule has 12 heavy (non-hydrogen) atoms. The molecule has 1 heteroatoms. The Kier molecular flexibility index (Phi) is 15.4. The molecule has 0 saturated carbocycles. The maximum atomic E-state index is 2.23. The second-order valence-electron chi connectivity index (χ2n) is 2.67. The molecule has 0 N–H and O–H groups in total. The molecule has 0 aromatic heterocycles. The summed E-state index contributed by atoms with van der Waals surface area (Å²) in [5.74, 6) is 0. The number of unbranched alkanes of at least 4 members (excludes halogenated alkanes) is 2. The highest BCUT2D eigenvalue weighted by molar-refractivity contribution is 4.75. The summed E-state index contributed by atoms with van der Waals surface area (Å²) in [5.41, 5.74) is 0. The van der Waals surface area contributed by atoms with Crippen LogP contribution < -0.4 is 0 Å². The Morgan fingerprint density at radius 1 is 1.17 bits per heavy atom. The van der Waals surface area contributed by atoms with Gasteiger partial charge in [0.25, 0.3) is 0 Å². The first-order valence-corrected chi connectivity index (χ1v) is 5.14. The number of hydrogen-bond donors (Lipinski definition) is 0. The summed E-state index contributed by atoms with van der Waals surface area (Å²) in [4.78, 5) is 2.23. The highest BCUT2D eigenvalue weighted by Crippen LogP contribution is 1.95. The molecule has 0 bridgehead atoms. The van der Waals surface area contributed by atoms with Gasteiger partial charge in [0, 0.05) is 13.6 Å². The highest BCUT2D eigenvalue weighted by Gasteiger charge is 1.88. The fraction of sp³-hybridized carbons (Fsp3) is 0.818. The minimum absolute atomic E-state index is 1.19. The lowest BCUT2D eigenvalue weighted by atomic mass is 10.2. The zero-order valence-electron chi connectivity index (χ0n) is 9.43. The van der Waals surface area contributed by atoms with Gasteiger partial charge in [0.1, 0.15) is 0 Å². The molecule has 0 radical (unpaired) electrons. The Labute approximate surface area is 78.5 Å². The standard InChI is InChI=1S/C9H19N.C2H6/c1-4-6-7-9-10(3)8-5-2;1-2/h5,8H,4,6-7,9H2,1-3H3;1-2H3/b8-5-;. The van der Waals surface area contributed by atoms with Crippen molar-refractivity contribution in [2.45, 2.75) is 47.0 Å². The van der Waals surface area contributed by atoms with Crippen LogP contribution in [0.15, 0.2) is 12.3 Å². The molecule has 0 atom stereocenters. The van der Waals surface area contributed by atoms with E-state index in [9.17, 15) is 0 Å². The van der Waals surface area contributed by atoms with Crippen LogP contribution in [0.25, 0.3) is 0 Å². The van der Waals surface area contributed by atoms with E-state index < -0.39 is 0 Å². The van der Waals surface area contributed by atoms with E-state index in [0.29, 0.717) is 0 Å². The van der Waals surface area contributed by atoms with Gasteiger partial charge in [-0.15, -0.1) is 0 Å². The monoisotopic (exact) mass is 171 g/mol. The molecule has 0 unspecified atom stereocenters. The van der Waals surface area contributed by atoms with Crippen LogP contribution in [0.1, 0.15) is 47.0 Å². The number of rotatable bonds is 5. The van der Waals surface area contributed by atoms with Crippen LogP contribution in [0.5, 0.6) is 0 Å². The van der Waals surface area contributed by atoms with Crippen LogP contribution in [0, 0.1) is 0 Å². The summed E-state index contributed by atoms with van der Waals surface area (Å²) >= 11 is 0. The molecule has 0 aliphatic rings. The second-order valence-corrected chi connectivity index (χ2v) is 2.67. The molecule has 0 heterocycles. The molecule has 0 fully saturated rings. The number of nitrogens with zero attached hydrogens (tertiary/aromatic N) is 1. The molecule has 1 nitrogen and oxygen atoms in total. The van der Waals surface area contributed by atoms with Crippen molar-refractivity contribution >= 4 is 0 Å². The largest absolute Gasteiger partial charge is 0.381 e. The van der Waals surface area contributed by atoms with Gasteiger partial charge in [-0.25, -0.2) is 0 Å². The maximum Gasteiger partial charge on any atom is 0.0169 e. The molecule has 0 aliphatic heterocycles. The fourth-order valence-corrected chi connectivity index (χ4v) is 0.940. The van der Waals surface area contributed by atoms with Gasteiger partial charge in [0.2, 0.25) is 0 Å². The summed E-state index contributed by atoms with van der Waals surface area (Å²) in [6.45, 7) is 9.48. The number of allylic oxidation sites excluding steroid dienone is 1. The Morgan fingerprint density at radius 3 is 2.17 bits per heavy atom. The van der Waals surface area contributed by atoms with Crippen molar-refractivity contribution < 1.29 is 0 Å². The molecule has 0 rings (SSSR count). The van der Waals surface area contributed by atoms with Gasteiger partial charge in [0.05, 0.1) is 0 Å². The van der Waals surface area contributed by atoms with Crippen LogP contribution in [0.3, 0.4) is 0 Å². The smallest absolute Gasteiger partial charge is 0.0169 e. The van der Waals surface area contributed by atoms with Gasteiger partial charge in [-0.1, -0.05) is 39.7 Å². The first kappa shape index (κ1) is 14.1. The van der Waals surface area contributed by atoms with Crippen LogP contribution in [0.4, 0.5) is 0 Å². The Morgan fingerprint density at radius 2 is 1.75 bits per heavy atom. The summed E-state index contributed by atoms with van der Waals surface area (Å²) < 4.78 is 0. The van der Waals surface area contributed by atoms with Crippen LogP contribution in [0.2, 0.25) is 0 Å². The fourth-order valence-electron chi connectivity index (χ4n) is 0.940. The minimum atomic E-state index is 1.19. The van der Waals surface area contributed by atoms with Gasteiger partial charge in [-0.05, 0) is 19.5 Å². The molecule has 0 spiro atoms. The number of hydrogen-bond acceptors (Lipinski definition) is 1. The van der Waals surface area contributed by atoms with Crippen molar-refractivity contribution in [1.82, 2.24) is 4.90 Å². The van der Waals surface area contributed by atoms with Crippen molar-refractivity contribution in [2.24, 2.45) is 0 Å². The first-order chi connectivity index (χ1) is 5.81. The third kappa shape index (κ3) is 12.2. The summed E-state index contributed by atoms with van der Waals surface area (Å²) in [6.07, 6.45) is 8.17. The van der Waals surface area contributed by atoms with E-state index in [1.54, 1.807) is 0 Å². The van der Waals surface area contributed by atoms with Crippen molar-refractivity contribution in [3.8, 4) is 0 Å². The highest BCUT2D eigenvalue weighted by atomic mass is 15.1. The summed E-state index contributed by atoms with van der Waals surface area (Å²) in [5, 5.41) is 0. The lowest BCUT2D eigenvalue weighted by Gasteiger charge is -2.12. The zero-order chi connectivity index (χ0) is 9.82. The van der Waals surface area contributed by atoms with Crippen molar-refractivity contribution in [2.75, 3.05) is 13.6 Å². The normalized spacial score (nSPS) is 9.42. The van der Waals surface area contributed by atoms with E-state index in [0.717, 1.165) is 0 Å². The Balaban J connectivity index is 0. The third-order valence-electron chi connectivity index (χ3n) is 1.52. The van der Waals surface area contributed by atoms with Gasteiger partial charge in [-0.3, -0.25) is 0 Å². The average Bonchev–Trinajstić information content (AvgIpc) is 2.09. The minimum Gasteiger partial charge on any atom is -0.381 e. The van der Waals surface area contributed by atoms with Crippen molar-refractivity contribution in [1.29, 1.82) is 0 Å². The lowest BCUT2D eigenvalue weighted by Crippen LogP contribution is -2.11. The van der Waals surface area contributed by atoms with E-state index in [4.69, 9.17) is 0 Å². The van der Waals surface area contributed by atoms with E-state index >= 15 is 0 Å². The molecule has 0 aliphatic carbocycles. The van der Waals surface area contributed by atoms with E-state index in [1.165, 1.54) is 25.8 Å². The van der Waals surface area contributed by atoms with Crippen molar-refractivity contribution in [3.05, 3.63) is 12.3 Å². The Hall–Kier alpha value is -0.460. The molecule has 0 aromatic rings. The van der Waals surface area contributed by atoms with Crippen LogP contribution in [-0.4, -0.2) is 18.5 Å². The predicted molar refractivity (Wildman–Crippen MR) is 58.3 cm³/mol. The molecule has 74 valence electrons. The summed E-state index contributed by atoms with van der Waals surface area (Å²) in [7, 11) is 2.12. The Bertz CT molecular complexity index is 87.0. The van der Waals surface area contributed by atoms with Crippen LogP contribution in [-0.2, 0) is 0 Å². The molecular weight excluding hydrogens is 146 g/mol. The molecule has 0 amide bonds. The maximum absolute atomic E-state index is 2.23. The van der Waals surface area contributed by atoms with Gasteiger partial charge in [-0.2, -0.15) is 0 Å². The van der Waals surface area contributed by atoms with Crippen molar-refractivity contribution in [3.63, 3.8) is 0 Å². The first-order valence-electron chi connectivity index (χ1n) is 5.14. The van der Waals surface area contributed by atoms with Gasteiger partial charge >= 0.3 is 0 Å². The average molecular weight is 171 g/mol. The second kappa shape index (κ2) is 13.2. The van der Waals surface area contributed by atoms with Crippen LogP contribution >= 0.6 is 0 Å². The third-order valence-corrected chi connectivity index (χ3v) is 1.52. The quantitative estimate of drug-likeness (QED) is 0.570. The zero-order valence-corrected chi connectivity index (χ0v) is 9.43. The molecular formula is C11H25N.